The number of ether oxygens (including phenoxy) is 2. The van der Waals surface area contributed by atoms with Crippen LogP contribution < -0.4 is 14.8 Å². The molecular weight excluding hydrogens is 430 g/mol. The molecule has 11 heteroatoms. The summed E-state index contributed by atoms with van der Waals surface area (Å²) >= 11 is 1.27. The van der Waals surface area contributed by atoms with E-state index in [4.69, 9.17) is 9.47 Å². The predicted molar refractivity (Wildman–Crippen MR) is 111 cm³/mol. The molecule has 3 aromatic rings. The quantitative estimate of drug-likeness (QED) is 0.537. The van der Waals surface area contributed by atoms with Gasteiger partial charge in [0.05, 0.1) is 17.1 Å². The third-order valence-corrected chi connectivity index (χ3v) is 5.56. The molecule has 1 atom stereocenters. The number of hydrogen-bond acceptors (Lipinski definition) is 9. The van der Waals surface area contributed by atoms with Crippen LogP contribution in [0, 0.1) is 0 Å². The molecule has 2 aromatic heterocycles. The number of aromatic nitrogens is 2. The van der Waals surface area contributed by atoms with Gasteiger partial charge in [0.15, 0.2) is 15.0 Å². The van der Waals surface area contributed by atoms with Crippen molar-refractivity contribution in [3.8, 4) is 17.5 Å². The van der Waals surface area contributed by atoms with Gasteiger partial charge in [0, 0.05) is 30.0 Å². The van der Waals surface area contributed by atoms with Gasteiger partial charge in [0.1, 0.15) is 11.9 Å². The molecule has 2 heterocycles. The Labute approximate surface area is 177 Å². The molecule has 1 amide bonds. The first-order valence-corrected chi connectivity index (χ1v) is 11.5. The lowest BCUT2D eigenvalue weighted by molar-refractivity contribution is 0.102. The molecule has 0 unspecified atom stereocenters. The van der Waals surface area contributed by atoms with Crippen molar-refractivity contribution in [3.63, 3.8) is 0 Å². The number of aliphatic hydroxyl groups is 1. The number of carbonyl (C=O) groups is 1. The fourth-order valence-electron chi connectivity index (χ4n) is 2.30. The van der Waals surface area contributed by atoms with Gasteiger partial charge in [0.25, 0.3) is 5.91 Å². The van der Waals surface area contributed by atoms with Crippen molar-refractivity contribution in [2.75, 3.05) is 18.2 Å². The maximum Gasteiger partial charge on any atom is 0.257 e. The molecule has 0 spiro atoms. The molecule has 3 rings (SSSR count). The van der Waals surface area contributed by atoms with Crippen molar-refractivity contribution >= 4 is 32.2 Å². The zero-order chi connectivity index (χ0) is 21.7. The van der Waals surface area contributed by atoms with Gasteiger partial charge in [-0.15, -0.1) is 11.3 Å². The summed E-state index contributed by atoms with van der Waals surface area (Å²) in [5.74, 6) is 0.0415. The number of pyridine rings is 1. The van der Waals surface area contributed by atoms with Crippen LogP contribution in [-0.4, -0.2) is 48.4 Å². The number of anilines is 1. The number of nitrogens with zero attached hydrogens (tertiary/aromatic N) is 2. The molecule has 0 aliphatic carbocycles. The maximum atomic E-state index is 12.6. The van der Waals surface area contributed by atoms with Crippen LogP contribution in [0.15, 0.2) is 52.9 Å². The Morgan fingerprint density at radius 1 is 1.23 bits per heavy atom. The average Bonchev–Trinajstić information content (AvgIpc) is 3.20. The summed E-state index contributed by atoms with van der Waals surface area (Å²) in [6.07, 6.45) is 2.14. The van der Waals surface area contributed by atoms with Crippen LogP contribution in [0.4, 0.5) is 5.13 Å². The van der Waals surface area contributed by atoms with Crippen molar-refractivity contribution in [2.24, 2.45) is 0 Å². The Morgan fingerprint density at radius 2 is 1.93 bits per heavy atom. The van der Waals surface area contributed by atoms with Gasteiger partial charge < -0.3 is 14.6 Å². The lowest BCUT2D eigenvalue weighted by Gasteiger charge is -2.14. The monoisotopic (exact) mass is 449 g/mol. The first-order valence-electron chi connectivity index (χ1n) is 8.73. The lowest BCUT2D eigenvalue weighted by atomic mass is 10.2. The number of nitrogens with one attached hydrogen (secondary N) is 1. The van der Waals surface area contributed by atoms with Crippen molar-refractivity contribution < 1.29 is 27.8 Å². The second-order valence-electron chi connectivity index (χ2n) is 6.28. The summed E-state index contributed by atoms with van der Waals surface area (Å²) in [4.78, 5) is 20.9. The fourth-order valence-corrected chi connectivity index (χ4v) is 3.45. The Morgan fingerprint density at radius 3 is 2.53 bits per heavy atom. The number of thiazole rings is 1. The maximum absolute atomic E-state index is 12.6. The van der Waals surface area contributed by atoms with Crippen LogP contribution in [0.2, 0.25) is 0 Å². The second-order valence-corrected chi connectivity index (χ2v) is 9.19. The van der Waals surface area contributed by atoms with E-state index >= 15 is 0 Å². The van der Waals surface area contributed by atoms with Crippen LogP contribution >= 0.6 is 11.3 Å². The van der Waals surface area contributed by atoms with E-state index in [9.17, 15) is 18.3 Å². The number of aliphatic hydroxyl groups excluding tert-OH is 1. The SMILES string of the molecule is C[C@H](CO)Oc1cc(C(=O)Nc2nccs2)cc(Oc2ccc(S(C)(=O)=O)cc2)n1. The molecule has 0 aliphatic heterocycles. The summed E-state index contributed by atoms with van der Waals surface area (Å²) in [6.45, 7) is 1.41. The number of rotatable bonds is 8. The van der Waals surface area contributed by atoms with Gasteiger partial charge in [-0.25, -0.2) is 13.4 Å². The van der Waals surface area contributed by atoms with Crippen LogP contribution in [0.3, 0.4) is 0 Å². The predicted octanol–water partition coefficient (Wildman–Crippen LogP) is 2.75. The van der Waals surface area contributed by atoms with Crippen LogP contribution in [-0.2, 0) is 9.84 Å². The Bertz CT molecular complexity index is 1120. The van der Waals surface area contributed by atoms with Crippen LogP contribution in [0.5, 0.6) is 17.5 Å². The van der Waals surface area contributed by atoms with Gasteiger partial charge in [-0.2, -0.15) is 4.98 Å². The minimum atomic E-state index is -3.33. The van der Waals surface area contributed by atoms with E-state index < -0.39 is 21.8 Å². The van der Waals surface area contributed by atoms with Gasteiger partial charge in [-0.05, 0) is 31.2 Å². The zero-order valence-electron chi connectivity index (χ0n) is 16.1. The largest absolute Gasteiger partial charge is 0.472 e. The van der Waals surface area contributed by atoms with Gasteiger partial charge in [0.2, 0.25) is 11.8 Å². The summed E-state index contributed by atoms with van der Waals surface area (Å²) in [7, 11) is -3.33. The standard InChI is InChI=1S/C19H19N3O6S2/c1-12(11-23)27-16-9-13(18(24)22-19-20-7-8-29-19)10-17(21-16)28-14-3-5-15(6-4-14)30(2,25)26/h3-10,12,23H,11H2,1-2H3,(H,20,22,24)/t12-/m1/s1. The number of amides is 1. The van der Waals surface area contributed by atoms with E-state index in [-0.39, 0.29) is 28.8 Å². The summed E-state index contributed by atoms with van der Waals surface area (Å²) < 4.78 is 34.4. The highest BCUT2D eigenvalue weighted by molar-refractivity contribution is 7.90. The Hall–Kier alpha value is -3.02. The first-order chi connectivity index (χ1) is 14.2. The van der Waals surface area contributed by atoms with Crippen molar-refractivity contribution in [1.29, 1.82) is 0 Å². The lowest BCUT2D eigenvalue weighted by Crippen LogP contribution is -2.18. The van der Waals surface area contributed by atoms with Gasteiger partial charge in [-0.1, -0.05) is 0 Å². The van der Waals surface area contributed by atoms with E-state index in [1.165, 1.54) is 47.7 Å². The van der Waals surface area contributed by atoms with Crippen molar-refractivity contribution in [2.45, 2.75) is 17.9 Å². The summed E-state index contributed by atoms with van der Waals surface area (Å²) in [5, 5.41) is 14.0. The van der Waals surface area contributed by atoms with E-state index in [1.54, 1.807) is 18.5 Å². The highest BCUT2D eigenvalue weighted by Crippen LogP contribution is 2.26. The normalized spacial score (nSPS) is 12.2. The van der Waals surface area contributed by atoms with Gasteiger partial charge >= 0.3 is 0 Å². The molecule has 0 radical (unpaired) electrons. The van der Waals surface area contributed by atoms with E-state index in [2.05, 4.69) is 15.3 Å². The number of carbonyl (C=O) groups excluding carboxylic acids is 1. The smallest absolute Gasteiger partial charge is 0.257 e. The van der Waals surface area contributed by atoms with E-state index in [1.807, 2.05) is 0 Å². The Balaban J connectivity index is 1.88. The minimum Gasteiger partial charge on any atom is -0.472 e. The van der Waals surface area contributed by atoms with Gasteiger partial charge in [-0.3, -0.25) is 10.1 Å². The molecule has 0 fully saturated rings. The topological polar surface area (TPSA) is 128 Å². The highest BCUT2D eigenvalue weighted by Gasteiger charge is 2.15. The third kappa shape index (κ3) is 5.75. The fraction of sp³-hybridized carbons (Fsp3) is 0.211. The molecule has 0 saturated heterocycles. The molecule has 9 nitrogen and oxygen atoms in total. The molecule has 0 bridgehead atoms. The van der Waals surface area contributed by atoms with E-state index in [0.29, 0.717) is 10.9 Å². The third-order valence-electron chi connectivity index (χ3n) is 3.75. The number of hydrogen-bond donors (Lipinski definition) is 2. The minimum absolute atomic E-state index is 0.0639. The molecule has 0 aliphatic rings. The highest BCUT2D eigenvalue weighted by atomic mass is 32.2. The van der Waals surface area contributed by atoms with Crippen LogP contribution in [0.1, 0.15) is 17.3 Å². The molecule has 1 aromatic carbocycles. The summed E-state index contributed by atoms with van der Waals surface area (Å²) in [6, 6.07) is 8.64. The molecule has 0 saturated carbocycles. The molecule has 158 valence electrons. The number of benzene rings is 1. The zero-order valence-corrected chi connectivity index (χ0v) is 17.7. The first kappa shape index (κ1) is 21.7. The Kier molecular flexibility index (Phi) is 6.65. The molecule has 30 heavy (non-hydrogen) atoms. The van der Waals surface area contributed by atoms with Crippen LogP contribution in [0.25, 0.3) is 0 Å². The molecular formula is C19H19N3O6S2. The molecule has 2 N–H and O–H groups in total. The van der Waals surface area contributed by atoms with E-state index in [0.717, 1.165) is 6.26 Å². The van der Waals surface area contributed by atoms with Crippen molar-refractivity contribution in [3.05, 3.63) is 53.5 Å². The van der Waals surface area contributed by atoms with Crippen molar-refractivity contribution in [1.82, 2.24) is 9.97 Å². The average molecular weight is 450 g/mol. The summed E-state index contributed by atoms with van der Waals surface area (Å²) in [5.41, 5.74) is 0.211. The number of sulfone groups is 1. The second kappa shape index (κ2) is 9.20.